The molecule has 0 aliphatic carbocycles. The van der Waals surface area contributed by atoms with Crippen molar-refractivity contribution in [1.82, 2.24) is 15.1 Å². The maximum absolute atomic E-state index is 12.7. The van der Waals surface area contributed by atoms with Gasteiger partial charge in [0, 0.05) is 41.8 Å². The molecule has 31 heavy (non-hydrogen) atoms. The second-order valence-corrected chi connectivity index (χ2v) is 6.79. The van der Waals surface area contributed by atoms with Crippen molar-refractivity contribution >= 4 is 23.2 Å². The molecule has 4 rings (SSSR count). The lowest BCUT2D eigenvalue weighted by Gasteiger charge is -2.10. The van der Waals surface area contributed by atoms with Crippen molar-refractivity contribution < 1.29 is 14.1 Å². The predicted molar refractivity (Wildman–Crippen MR) is 115 cm³/mol. The van der Waals surface area contributed by atoms with Gasteiger partial charge in [0.15, 0.2) is 0 Å². The van der Waals surface area contributed by atoms with E-state index >= 15 is 0 Å². The van der Waals surface area contributed by atoms with Crippen LogP contribution in [0.5, 0.6) is 0 Å². The first-order chi connectivity index (χ1) is 15.1. The van der Waals surface area contributed by atoms with Crippen LogP contribution in [0.1, 0.15) is 28.7 Å². The summed E-state index contributed by atoms with van der Waals surface area (Å²) in [5.41, 5.74) is 3.42. The molecule has 0 spiro atoms. The van der Waals surface area contributed by atoms with E-state index in [-0.39, 0.29) is 11.8 Å². The maximum Gasteiger partial charge on any atom is 0.255 e. The summed E-state index contributed by atoms with van der Waals surface area (Å²) < 4.78 is 5.38. The average molecular weight is 413 g/mol. The van der Waals surface area contributed by atoms with Crippen molar-refractivity contribution in [2.24, 2.45) is 0 Å². The number of nitrogens with one attached hydrogen (secondary N) is 2. The number of amides is 2. The number of nitrogens with zero attached hydrogens (tertiary/aromatic N) is 3. The summed E-state index contributed by atoms with van der Waals surface area (Å²) in [6, 6.07) is 17.7. The number of pyridine rings is 1. The van der Waals surface area contributed by atoms with Crippen LogP contribution in [0, 0.1) is 0 Å². The molecule has 0 aliphatic rings. The van der Waals surface area contributed by atoms with Gasteiger partial charge in [0.2, 0.25) is 17.6 Å². The highest BCUT2D eigenvalue weighted by atomic mass is 16.5. The van der Waals surface area contributed by atoms with E-state index in [0.717, 1.165) is 11.1 Å². The van der Waals surface area contributed by atoms with E-state index in [1.807, 2.05) is 24.3 Å². The number of carbonyl (C=O) groups is 2. The molecule has 0 atom stereocenters. The Labute approximate surface area is 178 Å². The quantitative estimate of drug-likeness (QED) is 0.496. The molecular weight excluding hydrogens is 394 g/mol. The number of rotatable bonds is 6. The molecular formula is C23H19N5O3. The van der Waals surface area contributed by atoms with Crippen LogP contribution in [0.2, 0.25) is 0 Å². The van der Waals surface area contributed by atoms with E-state index in [9.17, 15) is 9.59 Å². The molecule has 0 saturated carbocycles. The van der Waals surface area contributed by atoms with Crippen LogP contribution in [0.25, 0.3) is 11.4 Å². The van der Waals surface area contributed by atoms with Gasteiger partial charge in [0.1, 0.15) is 0 Å². The standard InChI is InChI=1S/C23H19N5O3/c1-15(29)25-19-8-6-17(7-9-19)23(30)26-20-5-3-2-4-18(20)14-21-27-22(28-31-21)16-10-12-24-13-11-16/h2-13H,14H2,1H3,(H,25,29)(H,26,30). The summed E-state index contributed by atoms with van der Waals surface area (Å²) in [7, 11) is 0. The molecule has 0 aliphatic heterocycles. The Morgan fingerprint density at radius 2 is 1.68 bits per heavy atom. The maximum atomic E-state index is 12.7. The Balaban J connectivity index is 1.48. The minimum Gasteiger partial charge on any atom is -0.339 e. The van der Waals surface area contributed by atoms with Gasteiger partial charge in [-0.15, -0.1) is 0 Å². The number of hydrogen-bond acceptors (Lipinski definition) is 6. The fraction of sp³-hybridized carbons (Fsp3) is 0.0870. The van der Waals surface area contributed by atoms with E-state index in [2.05, 4.69) is 25.8 Å². The lowest BCUT2D eigenvalue weighted by Crippen LogP contribution is -2.14. The van der Waals surface area contributed by atoms with E-state index in [4.69, 9.17) is 4.52 Å². The van der Waals surface area contributed by atoms with Crippen LogP contribution >= 0.6 is 0 Å². The fourth-order valence-electron chi connectivity index (χ4n) is 3.01. The third-order valence-corrected chi connectivity index (χ3v) is 4.48. The van der Waals surface area contributed by atoms with E-state index in [0.29, 0.717) is 35.1 Å². The molecule has 2 aromatic carbocycles. The third-order valence-electron chi connectivity index (χ3n) is 4.48. The number of benzene rings is 2. The fourth-order valence-corrected chi connectivity index (χ4v) is 3.01. The Hall–Kier alpha value is -4.33. The highest BCUT2D eigenvalue weighted by molar-refractivity contribution is 6.05. The summed E-state index contributed by atoms with van der Waals surface area (Å²) in [6.07, 6.45) is 3.70. The molecule has 2 heterocycles. The molecule has 0 bridgehead atoms. The highest BCUT2D eigenvalue weighted by Gasteiger charge is 2.13. The van der Waals surface area contributed by atoms with E-state index in [1.54, 1.807) is 48.8 Å². The molecule has 0 unspecified atom stereocenters. The summed E-state index contributed by atoms with van der Waals surface area (Å²) in [6.45, 7) is 1.43. The van der Waals surface area contributed by atoms with Crippen LogP contribution in [0.4, 0.5) is 11.4 Å². The van der Waals surface area contributed by atoms with Gasteiger partial charge in [0.05, 0.1) is 6.42 Å². The largest absolute Gasteiger partial charge is 0.339 e. The van der Waals surface area contributed by atoms with Gasteiger partial charge >= 0.3 is 0 Å². The predicted octanol–water partition coefficient (Wildman–Crippen LogP) is 3.93. The minimum atomic E-state index is -0.259. The first-order valence-corrected chi connectivity index (χ1v) is 9.58. The number of hydrogen-bond donors (Lipinski definition) is 2. The first kappa shape index (κ1) is 20.0. The highest BCUT2D eigenvalue weighted by Crippen LogP contribution is 2.21. The van der Waals surface area contributed by atoms with E-state index < -0.39 is 0 Å². The van der Waals surface area contributed by atoms with Crippen molar-refractivity contribution in [3.63, 3.8) is 0 Å². The third kappa shape index (κ3) is 4.99. The average Bonchev–Trinajstić information content (AvgIpc) is 3.24. The molecule has 8 heteroatoms. The Morgan fingerprint density at radius 3 is 2.42 bits per heavy atom. The van der Waals surface area contributed by atoms with Crippen molar-refractivity contribution in [2.45, 2.75) is 13.3 Å². The SMILES string of the molecule is CC(=O)Nc1ccc(C(=O)Nc2ccccc2Cc2nc(-c3ccncc3)no2)cc1. The van der Waals surface area contributed by atoms with Gasteiger partial charge in [-0.1, -0.05) is 23.4 Å². The molecule has 154 valence electrons. The van der Waals surface area contributed by atoms with Crippen LogP contribution in [0.3, 0.4) is 0 Å². The molecule has 2 N–H and O–H groups in total. The van der Waals surface area contributed by atoms with Crippen LogP contribution in [-0.4, -0.2) is 26.9 Å². The topological polar surface area (TPSA) is 110 Å². The van der Waals surface area contributed by atoms with Crippen LogP contribution in [0.15, 0.2) is 77.6 Å². The number of aromatic nitrogens is 3. The Morgan fingerprint density at radius 1 is 0.935 bits per heavy atom. The van der Waals surface area contributed by atoms with Gasteiger partial charge < -0.3 is 15.2 Å². The van der Waals surface area contributed by atoms with Crippen LogP contribution in [-0.2, 0) is 11.2 Å². The second-order valence-electron chi connectivity index (χ2n) is 6.79. The second kappa shape index (κ2) is 9.00. The summed E-state index contributed by atoms with van der Waals surface area (Å²) in [5, 5.41) is 9.61. The Kier molecular flexibility index (Phi) is 5.79. The number of carbonyl (C=O) groups excluding carboxylic acids is 2. The summed E-state index contributed by atoms with van der Waals surface area (Å²) in [4.78, 5) is 32.2. The molecule has 2 amide bonds. The zero-order valence-electron chi connectivity index (χ0n) is 16.7. The smallest absolute Gasteiger partial charge is 0.255 e. The minimum absolute atomic E-state index is 0.167. The van der Waals surface area contributed by atoms with Crippen molar-refractivity contribution in [3.05, 3.63) is 90.1 Å². The summed E-state index contributed by atoms with van der Waals surface area (Å²) >= 11 is 0. The van der Waals surface area contributed by atoms with Crippen molar-refractivity contribution in [2.75, 3.05) is 10.6 Å². The van der Waals surface area contributed by atoms with Gasteiger partial charge in [-0.2, -0.15) is 4.98 Å². The lowest BCUT2D eigenvalue weighted by molar-refractivity contribution is -0.114. The molecule has 0 saturated heterocycles. The normalized spacial score (nSPS) is 10.5. The zero-order valence-corrected chi connectivity index (χ0v) is 16.7. The van der Waals surface area contributed by atoms with Crippen LogP contribution < -0.4 is 10.6 Å². The van der Waals surface area contributed by atoms with Gasteiger partial charge in [-0.25, -0.2) is 0 Å². The zero-order chi connectivity index (χ0) is 21.6. The summed E-state index contributed by atoms with van der Waals surface area (Å²) in [5.74, 6) is 0.496. The lowest BCUT2D eigenvalue weighted by atomic mass is 10.1. The van der Waals surface area contributed by atoms with Crippen molar-refractivity contribution in [3.8, 4) is 11.4 Å². The first-order valence-electron chi connectivity index (χ1n) is 9.58. The van der Waals surface area contributed by atoms with Gasteiger partial charge in [0.25, 0.3) is 5.91 Å². The van der Waals surface area contributed by atoms with E-state index in [1.165, 1.54) is 6.92 Å². The number of para-hydroxylation sites is 1. The van der Waals surface area contributed by atoms with Gasteiger partial charge in [-0.05, 0) is 48.0 Å². The molecule has 4 aromatic rings. The van der Waals surface area contributed by atoms with Gasteiger partial charge in [-0.3, -0.25) is 14.6 Å². The molecule has 8 nitrogen and oxygen atoms in total. The molecule has 0 fully saturated rings. The molecule has 2 aromatic heterocycles. The van der Waals surface area contributed by atoms with Crippen molar-refractivity contribution in [1.29, 1.82) is 0 Å². The monoisotopic (exact) mass is 413 g/mol. The number of anilines is 2. The molecule has 0 radical (unpaired) electrons. The Bertz CT molecular complexity index is 1200.